The van der Waals surface area contributed by atoms with Gasteiger partial charge in [-0.2, -0.15) is 0 Å². The first kappa shape index (κ1) is 14.0. The second-order valence-electron chi connectivity index (χ2n) is 6.10. The van der Waals surface area contributed by atoms with Crippen molar-refractivity contribution in [3.05, 3.63) is 29.3 Å². The van der Waals surface area contributed by atoms with Gasteiger partial charge in [0.1, 0.15) is 0 Å². The van der Waals surface area contributed by atoms with Crippen LogP contribution in [0.3, 0.4) is 0 Å². The van der Waals surface area contributed by atoms with Gasteiger partial charge in [-0.05, 0) is 50.9 Å². The van der Waals surface area contributed by atoms with Crippen molar-refractivity contribution in [2.24, 2.45) is 0 Å². The van der Waals surface area contributed by atoms with E-state index in [2.05, 4.69) is 29.4 Å². The zero-order valence-corrected chi connectivity index (χ0v) is 13.1. The lowest BCUT2D eigenvalue weighted by molar-refractivity contribution is 0.0394. The summed E-state index contributed by atoms with van der Waals surface area (Å²) in [6, 6.07) is 6.67. The van der Waals surface area contributed by atoms with E-state index >= 15 is 0 Å². The van der Waals surface area contributed by atoms with Gasteiger partial charge in [-0.25, -0.2) is 0 Å². The van der Waals surface area contributed by atoms with Crippen LogP contribution in [0.4, 0.5) is 0 Å². The maximum Gasteiger partial charge on any atom is 0.254 e. The number of nitrogens with zero attached hydrogens (tertiary/aromatic N) is 2. The minimum absolute atomic E-state index is 0.164. The molecule has 0 N–H and O–H groups in total. The van der Waals surface area contributed by atoms with Gasteiger partial charge in [0, 0.05) is 35.6 Å². The van der Waals surface area contributed by atoms with Crippen LogP contribution in [-0.2, 0) is 0 Å². The summed E-state index contributed by atoms with van der Waals surface area (Å²) in [6.45, 7) is 7.23. The molecule has 0 bridgehead atoms. The number of fused-ring (bicyclic) bond motifs is 1. The topological polar surface area (TPSA) is 23.6 Å². The maximum atomic E-state index is 12.8. The number of aryl methyl sites for hydroxylation is 1. The molecule has 0 aromatic heterocycles. The first-order chi connectivity index (χ1) is 9.56. The number of carbonyl (C=O) groups is 1. The van der Waals surface area contributed by atoms with Gasteiger partial charge >= 0.3 is 0 Å². The highest BCUT2D eigenvalue weighted by Gasteiger charge is 2.36. The third-order valence-electron chi connectivity index (χ3n) is 4.65. The average Bonchev–Trinajstić information content (AvgIpc) is 2.87. The SMILES string of the molecule is Cc1ccc(S)cc1C(=O)N1CC2CCCN2CC1C. The summed E-state index contributed by atoms with van der Waals surface area (Å²) in [5.41, 5.74) is 1.84. The van der Waals surface area contributed by atoms with Crippen LogP contribution in [0.15, 0.2) is 23.1 Å². The first-order valence-electron chi connectivity index (χ1n) is 7.41. The van der Waals surface area contributed by atoms with Crippen molar-refractivity contribution in [3.63, 3.8) is 0 Å². The molecule has 2 aliphatic rings. The predicted octanol–water partition coefficient (Wildman–Crippen LogP) is 2.59. The summed E-state index contributed by atoms with van der Waals surface area (Å²) in [7, 11) is 0. The quantitative estimate of drug-likeness (QED) is 0.804. The van der Waals surface area contributed by atoms with Crippen molar-refractivity contribution in [3.8, 4) is 0 Å². The minimum atomic E-state index is 0.164. The van der Waals surface area contributed by atoms with Gasteiger partial charge in [0.05, 0.1) is 0 Å². The number of piperazine rings is 1. The molecule has 2 atom stereocenters. The van der Waals surface area contributed by atoms with E-state index in [1.165, 1.54) is 19.4 Å². The minimum Gasteiger partial charge on any atom is -0.333 e. The van der Waals surface area contributed by atoms with Crippen molar-refractivity contribution in [2.75, 3.05) is 19.6 Å². The molecule has 20 heavy (non-hydrogen) atoms. The molecular formula is C16H22N2OS. The lowest BCUT2D eigenvalue weighted by Gasteiger charge is -2.42. The Hall–Kier alpha value is -1.00. The van der Waals surface area contributed by atoms with Gasteiger partial charge in [0.15, 0.2) is 0 Å². The number of rotatable bonds is 1. The van der Waals surface area contributed by atoms with Crippen LogP contribution in [0, 0.1) is 6.92 Å². The van der Waals surface area contributed by atoms with Crippen molar-refractivity contribution < 1.29 is 4.79 Å². The number of hydrogen-bond donors (Lipinski definition) is 1. The Morgan fingerprint density at radius 2 is 2.15 bits per heavy atom. The lowest BCUT2D eigenvalue weighted by Crippen LogP contribution is -2.56. The number of thiol groups is 1. The van der Waals surface area contributed by atoms with Crippen LogP contribution in [-0.4, -0.2) is 47.4 Å². The van der Waals surface area contributed by atoms with Crippen LogP contribution in [0.2, 0.25) is 0 Å². The van der Waals surface area contributed by atoms with Gasteiger partial charge in [-0.15, -0.1) is 12.6 Å². The lowest BCUT2D eigenvalue weighted by atomic mass is 10.0. The van der Waals surface area contributed by atoms with Crippen LogP contribution < -0.4 is 0 Å². The molecule has 0 saturated carbocycles. The van der Waals surface area contributed by atoms with Gasteiger partial charge < -0.3 is 4.90 Å². The van der Waals surface area contributed by atoms with Crippen LogP contribution in [0.1, 0.15) is 35.7 Å². The van der Waals surface area contributed by atoms with E-state index in [1.54, 1.807) is 0 Å². The highest BCUT2D eigenvalue weighted by molar-refractivity contribution is 7.80. The van der Waals surface area contributed by atoms with E-state index in [4.69, 9.17) is 0 Å². The Morgan fingerprint density at radius 3 is 2.95 bits per heavy atom. The van der Waals surface area contributed by atoms with Gasteiger partial charge in [0.2, 0.25) is 0 Å². The van der Waals surface area contributed by atoms with Crippen molar-refractivity contribution in [1.29, 1.82) is 0 Å². The third kappa shape index (κ3) is 2.47. The van der Waals surface area contributed by atoms with Crippen molar-refractivity contribution >= 4 is 18.5 Å². The molecule has 4 heteroatoms. The molecule has 2 unspecified atom stereocenters. The summed E-state index contributed by atoms with van der Waals surface area (Å²) in [4.78, 5) is 18.3. The van der Waals surface area contributed by atoms with Crippen molar-refractivity contribution in [1.82, 2.24) is 9.80 Å². The Bertz CT molecular complexity index is 531. The van der Waals surface area contributed by atoms with E-state index in [-0.39, 0.29) is 5.91 Å². The van der Waals surface area contributed by atoms with Crippen LogP contribution >= 0.6 is 12.6 Å². The average molecular weight is 290 g/mol. The largest absolute Gasteiger partial charge is 0.333 e. The second-order valence-corrected chi connectivity index (χ2v) is 6.61. The zero-order chi connectivity index (χ0) is 14.3. The molecule has 2 heterocycles. The summed E-state index contributed by atoms with van der Waals surface area (Å²) in [5.74, 6) is 0.164. The standard InChI is InChI=1S/C16H22N2OS/c1-11-5-6-14(20)8-15(11)16(19)18-10-13-4-3-7-17(13)9-12(18)2/h5-6,8,12-13,20H,3-4,7,9-10H2,1-2H3. The molecule has 3 nitrogen and oxygen atoms in total. The normalized spacial score (nSPS) is 26.6. The molecular weight excluding hydrogens is 268 g/mol. The Balaban J connectivity index is 1.84. The predicted molar refractivity (Wildman–Crippen MR) is 83.5 cm³/mol. The molecule has 1 amide bonds. The fraction of sp³-hybridized carbons (Fsp3) is 0.562. The molecule has 2 saturated heterocycles. The molecule has 0 aliphatic carbocycles. The molecule has 1 aromatic rings. The molecule has 2 fully saturated rings. The monoisotopic (exact) mass is 290 g/mol. The van der Waals surface area contributed by atoms with E-state index < -0.39 is 0 Å². The Morgan fingerprint density at radius 1 is 1.35 bits per heavy atom. The molecule has 1 aromatic carbocycles. The Kier molecular flexibility index (Phi) is 3.78. The third-order valence-corrected chi connectivity index (χ3v) is 4.93. The van der Waals surface area contributed by atoms with Gasteiger partial charge in [-0.3, -0.25) is 9.69 Å². The molecule has 108 valence electrons. The van der Waals surface area contributed by atoms with E-state index in [9.17, 15) is 4.79 Å². The van der Waals surface area contributed by atoms with Gasteiger partial charge in [-0.1, -0.05) is 6.07 Å². The number of hydrogen-bond acceptors (Lipinski definition) is 3. The summed E-state index contributed by atoms with van der Waals surface area (Å²) < 4.78 is 0. The van der Waals surface area contributed by atoms with Crippen LogP contribution in [0.5, 0.6) is 0 Å². The fourth-order valence-electron chi connectivity index (χ4n) is 3.47. The summed E-state index contributed by atoms with van der Waals surface area (Å²) in [5, 5.41) is 0. The van der Waals surface area contributed by atoms with Gasteiger partial charge in [0.25, 0.3) is 5.91 Å². The highest BCUT2D eigenvalue weighted by Crippen LogP contribution is 2.26. The first-order valence-corrected chi connectivity index (χ1v) is 7.85. The van der Waals surface area contributed by atoms with Crippen LogP contribution in [0.25, 0.3) is 0 Å². The smallest absolute Gasteiger partial charge is 0.254 e. The number of carbonyl (C=O) groups excluding carboxylic acids is 1. The molecule has 0 radical (unpaired) electrons. The maximum absolute atomic E-state index is 12.8. The molecule has 0 spiro atoms. The molecule has 3 rings (SSSR count). The number of amides is 1. The summed E-state index contributed by atoms with van der Waals surface area (Å²) in [6.07, 6.45) is 2.49. The fourth-order valence-corrected chi connectivity index (χ4v) is 3.67. The number of benzene rings is 1. The zero-order valence-electron chi connectivity index (χ0n) is 12.2. The second kappa shape index (κ2) is 5.41. The van der Waals surface area contributed by atoms with Crippen molar-refractivity contribution in [2.45, 2.75) is 43.7 Å². The van der Waals surface area contributed by atoms with E-state index in [1.807, 2.05) is 25.1 Å². The van der Waals surface area contributed by atoms with E-state index in [0.717, 1.165) is 29.1 Å². The van der Waals surface area contributed by atoms with E-state index in [0.29, 0.717) is 12.1 Å². The Labute approximate surface area is 126 Å². The highest BCUT2D eigenvalue weighted by atomic mass is 32.1. The summed E-state index contributed by atoms with van der Waals surface area (Å²) >= 11 is 4.36. The molecule has 2 aliphatic heterocycles.